The summed E-state index contributed by atoms with van der Waals surface area (Å²) >= 11 is 0. The fraction of sp³-hybridized carbons (Fsp3) is 0.167. The molecule has 5 rings (SSSR count). The van der Waals surface area contributed by atoms with E-state index in [0.29, 0.717) is 23.7 Å². The molecule has 0 aromatic heterocycles. The average molecular weight is 308 g/mol. The van der Waals surface area contributed by atoms with Gasteiger partial charge in [0.15, 0.2) is 0 Å². The predicted molar refractivity (Wildman–Crippen MR) is 101 cm³/mol. The van der Waals surface area contributed by atoms with Crippen molar-refractivity contribution in [3.8, 4) is 0 Å². The van der Waals surface area contributed by atoms with Crippen LogP contribution in [0.3, 0.4) is 0 Å². The number of allylic oxidation sites excluding steroid dienone is 12. The van der Waals surface area contributed by atoms with Crippen LogP contribution in [0.2, 0.25) is 0 Å². The maximum atomic E-state index is 2.43. The van der Waals surface area contributed by atoms with Gasteiger partial charge in [0.05, 0.1) is 0 Å². The summed E-state index contributed by atoms with van der Waals surface area (Å²) in [6.45, 7) is 0. The quantitative estimate of drug-likeness (QED) is 0.739. The molecule has 0 heterocycles. The molecule has 0 bridgehead atoms. The monoisotopic (exact) mass is 308 g/mol. The van der Waals surface area contributed by atoms with Crippen LogP contribution in [-0.4, -0.2) is 0 Å². The fourth-order valence-corrected chi connectivity index (χ4v) is 4.48. The van der Waals surface area contributed by atoms with Crippen molar-refractivity contribution in [2.45, 2.75) is 0 Å². The zero-order chi connectivity index (χ0) is 15.9. The molecule has 1 aromatic carbocycles. The van der Waals surface area contributed by atoms with Crippen LogP contribution in [-0.2, 0) is 0 Å². The van der Waals surface area contributed by atoms with E-state index < -0.39 is 0 Å². The van der Waals surface area contributed by atoms with E-state index in [1.165, 1.54) is 21.6 Å². The zero-order valence-electron chi connectivity index (χ0n) is 13.5. The Hall–Kier alpha value is -2.60. The van der Waals surface area contributed by atoms with E-state index in [-0.39, 0.29) is 0 Å². The minimum atomic E-state index is 0.447. The standard InChI is InChI=1S/C24H20/c1-4-12-20-17(8-1)11-7-15-23(20)24-21-13-5-2-9-18(21)16-19-10-3-6-14-22(19)24/h1-18,20-21H. The third kappa shape index (κ3) is 2.06. The van der Waals surface area contributed by atoms with Gasteiger partial charge in [0.2, 0.25) is 0 Å². The van der Waals surface area contributed by atoms with E-state index in [9.17, 15) is 0 Å². The Morgan fingerprint density at radius 3 is 2.25 bits per heavy atom. The molecule has 0 N–H and O–H groups in total. The maximum Gasteiger partial charge on any atom is 0.0128 e. The van der Waals surface area contributed by atoms with Gasteiger partial charge in [-0.15, -0.1) is 0 Å². The molecular weight excluding hydrogens is 288 g/mol. The van der Waals surface area contributed by atoms with Gasteiger partial charge in [-0.1, -0.05) is 97.2 Å². The van der Waals surface area contributed by atoms with Crippen molar-refractivity contribution in [1.29, 1.82) is 0 Å². The van der Waals surface area contributed by atoms with Crippen molar-refractivity contribution in [3.63, 3.8) is 0 Å². The van der Waals surface area contributed by atoms with E-state index in [1.807, 2.05) is 0 Å². The highest BCUT2D eigenvalue weighted by molar-refractivity contribution is 5.75. The van der Waals surface area contributed by atoms with Crippen molar-refractivity contribution in [1.82, 2.24) is 0 Å². The number of rotatable bonds is 1. The van der Waals surface area contributed by atoms with E-state index in [4.69, 9.17) is 0 Å². The molecule has 0 amide bonds. The lowest BCUT2D eigenvalue weighted by molar-refractivity contribution is 0.615. The Balaban J connectivity index is 1.78. The lowest BCUT2D eigenvalue weighted by atomic mass is 9.69. The maximum absolute atomic E-state index is 2.43. The van der Waals surface area contributed by atoms with Gasteiger partial charge < -0.3 is 0 Å². The third-order valence-corrected chi connectivity index (χ3v) is 5.59. The second-order valence-electron chi connectivity index (χ2n) is 6.92. The van der Waals surface area contributed by atoms with Crippen molar-refractivity contribution in [2.24, 2.45) is 23.7 Å². The van der Waals surface area contributed by atoms with E-state index in [2.05, 4.69) is 97.2 Å². The first-order chi connectivity index (χ1) is 11.9. The SMILES string of the molecule is C1=CC2C=CC=C(C3=c4ccccc4=CC4C=CC=CC34)C2C=C1. The molecule has 24 heavy (non-hydrogen) atoms. The lowest BCUT2D eigenvalue weighted by Gasteiger charge is -2.35. The van der Waals surface area contributed by atoms with Gasteiger partial charge in [0.25, 0.3) is 0 Å². The molecule has 116 valence electrons. The van der Waals surface area contributed by atoms with Crippen LogP contribution in [0.25, 0.3) is 11.6 Å². The summed E-state index contributed by atoms with van der Waals surface area (Å²) in [5.41, 5.74) is 3.00. The van der Waals surface area contributed by atoms with Crippen LogP contribution < -0.4 is 10.4 Å². The van der Waals surface area contributed by atoms with Crippen LogP contribution in [0.5, 0.6) is 0 Å². The van der Waals surface area contributed by atoms with Gasteiger partial charge in [-0.3, -0.25) is 0 Å². The summed E-state index contributed by atoms with van der Waals surface area (Å²) in [6.07, 6.45) is 27.5. The van der Waals surface area contributed by atoms with Gasteiger partial charge in [0, 0.05) is 23.7 Å². The van der Waals surface area contributed by atoms with Gasteiger partial charge in [-0.2, -0.15) is 0 Å². The van der Waals surface area contributed by atoms with E-state index >= 15 is 0 Å². The summed E-state index contributed by atoms with van der Waals surface area (Å²) in [5, 5.41) is 2.78. The highest BCUT2D eigenvalue weighted by atomic mass is 14.4. The van der Waals surface area contributed by atoms with Crippen molar-refractivity contribution < 1.29 is 0 Å². The van der Waals surface area contributed by atoms with Gasteiger partial charge >= 0.3 is 0 Å². The molecule has 4 aliphatic rings. The molecule has 0 spiro atoms. The van der Waals surface area contributed by atoms with Crippen LogP contribution in [0, 0.1) is 23.7 Å². The average Bonchev–Trinajstić information content (AvgIpc) is 2.66. The second-order valence-corrected chi connectivity index (χ2v) is 6.92. The number of hydrogen-bond donors (Lipinski definition) is 0. The molecule has 0 aliphatic heterocycles. The van der Waals surface area contributed by atoms with Crippen molar-refractivity contribution in [3.05, 3.63) is 107 Å². The molecule has 0 heteroatoms. The number of hydrogen-bond acceptors (Lipinski definition) is 0. The van der Waals surface area contributed by atoms with Crippen molar-refractivity contribution >= 4 is 11.6 Å². The Bertz CT molecular complexity index is 975. The highest BCUT2D eigenvalue weighted by Gasteiger charge is 2.32. The fourth-order valence-electron chi connectivity index (χ4n) is 4.48. The summed E-state index contributed by atoms with van der Waals surface area (Å²) in [7, 11) is 0. The van der Waals surface area contributed by atoms with Crippen LogP contribution in [0.1, 0.15) is 0 Å². The molecular formula is C24H20. The van der Waals surface area contributed by atoms with Gasteiger partial charge in [0.1, 0.15) is 0 Å². The molecule has 0 fully saturated rings. The molecule has 1 aromatic rings. The highest BCUT2D eigenvalue weighted by Crippen LogP contribution is 2.42. The predicted octanol–water partition coefficient (Wildman–Crippen LogP) is 3.84. The number of fused-ring (bicyclic) bond motifs is 3. The normalized spacial score (nSPS) is 31.8. The molecule has 4 atom stereocenters. The third-order valence-electron chi connectivity index (χ3n) is 5.59. The Kier molecular flexibility index (Phi) is 3.16. The van der Waals surface area contributed by atoms with E-state index in [1.54, 1.807) is 0 Å². The summed E-state index contributed by atoms with van der Waals surface area (Å²) in [4.78, 5) is 0. The van der Waals surface area contributed by atoms with Gasteiger partial charge in [-0.25, -0.2) is 0 Å². The molecule has 0 nitrogen and oxygen atoms in total. The minimum Gasteiger partial charge on any atom is -0.0767 e. The Morgan fingerprint density at radius 1 is 0.625 bits per heavy atom. The smallest absolute Gasteiger partial charge is 0.0128 e. The topological polar surface area (TPSA) is 0 Å². The first kappa shape index (κ1) is 13.8. The number of benzene rings is 1. The molecule has 0 saturated heterocycles. The van der Waals surface area contributed by atoms with Gasteiger partial charge in [-0.05, 0) is 21.6 Å². The van der Waals surface area contributed by atoms with Crippen LogP contribution in [0.4, 0.5) is 0 Å². The van der Waals surface area contributed by atoms with Crippen molar-refractivity contribution in [2.75, 3.05) is 0 Å². The first-order valence-corrected chi connectivity index (χ1v) is 8.82. The van der Waals surface area contributed by atoms with Crippen LogP contribution >= 0.6 is 0 Å². The molecule has 4 unspecified atom stereocenters. The molecule has 4 aliphatic carbocycles. The van der Waals surface area contributed by atoms with E-state index in [0.717, 1.165) is 0 Å². The van der Waals surface area contributed by atoms with Crippen LogP contribution in [0.15, 0.2) is 96.7 Å². The molecule has 0 saturated carbocycles. The summed E-state index contributed by atoms with van der Waals surface area (Å²) in [6, 6.07) is 8.87. The zero-order valence-corrected chi connectivity index (χ0v) is 13.5. The summed E-state index contributed by atoms with van der Waals surface area (Å²) < 4.78 is 0. The largest absolute Gasteiger partial charge is 0.0767 e. The minimum absolute atomic E-state index is 0.447. The second kappa shape index (κ2) is 5.49. The molecule has 0 radical (unpaired) electrons. The lowest BCUT2D eigenvalue weighted by Crippen LogP contribution is -2.38. The first-order valence-electron chi connectivity index (χ1n) is 8.82. The Labute approximate surface area is 142 Å². The summed E-state index contributed by atoms with van der Waals surface area (Å²) in [5.74, 6) is 1.86. The Morgan fingerprint density at radius 2 is 1.33 bits per heavy atom.